The minimum atomic E-state index is 0. The lowest BCUT2D eigenvalue weighted by molar-refractivity contribution is 0.164. The Morgan fingerprint density at radius 1 is 1.30 bits per heavy atom. The SMILES string of the molecule is CCC[C@H](c1ccc(Cl)cc1Br)N1CCNCC1.Cl.Cl. The lowest BCUT2D eigenvalue weighted by atomic mass is 10.00. The average Bonchev–Trinajstić information content (AvgIpc) is 2.38. The van der Waals surface area contributed by atoms with Crippen molar-refractivity contribution in [3.63, 3.8) is 0 Å². The zero-order valence-electron chi connectivity index (χ0n) is 11.6. The van der Waals surface area contributed by atoms with Crippen LogP contribution in [0.15, 0.2) is 22.7 Å². The lowest BCUT2D eigenvalue weighted by Gasteiger charge is -2.35. The van der Waals surface area contributed by atoms with Crippen LogP contribution >= 0.6 is 52.3 Å². The molecule has 20 heavy (non-hydrogen) atoms. The smallest absolute Gasteiger partial charge is 0.0417 e. The monoisotopic (exact) mass is 402 g/mol. The van der Waals surface area contributed by atoms with Gasteiger partial charge in [0.25, 0.3) is 0 Å². The Morgan fingerprint density at radius 2 is 1.95 bits per heavy atom. The van der Waals surface area contributed by atoms with Crippen molar-refractivity contribution in [2.45, 2.75) is 25.8 Å². The summed E-state index contributed by atoms with van der Waals surface area (Å²) in [6, 6.07) is 6.66. The fourth-order valence-electron chi connectivity index (χ4n) is 2.57. The van der Waals surface area contributed by atoms with Crippen LogP contribution in [-0.2, 0) is 0 Å². The van der Waals surface area contributed by atoms with Crippen LogP contribution in [-0.4, -0.2) is 31.1 Å². The van der Waals surface area contributed by atoms with Crippen molar-refractivity contribution >= 4 is 52.3 Å². The molecule has 0 aromatic heterocycles. The summed E-state index contributed by atoms with van der Waals surface area (Å²) in [6.07, 6.45) is 2.39. The molecule has 0 unspecified atom stereocenters. The van der Waals surface area contributed by atoms with Crippen LogP contribution in [0.5, 0.6) is 0 Å². The Bertz CT molecular complexity index is 398. The normalized spacial score (nSPS) is 16.9. The highest BCUT2D eigenvalue weighted by molar-refractivity contribution is 9.10. The second-order valence-electron chi connectivity index (χ2n) is 4.76. The Labute approximate surface area is 147 Å². The maximum absolute atomic E-state index is 6.03. The summed E-state index contributed by atoms with van der Waals surface area (Å²) < 4.78 is 1.13. The molecule has 0 bridgehead atoms. The van der Waals surface area contributed by atoms with E-state index in [1.807, 2.05) is 12.1 Å². The zero-order valence-corrected chi connectivity index (χ0v) is 15.5. The van der Waals surface area contributed by atoms with Crippen LogP contribution in [0.4, 0.5) is 0 Å². The Balaban J connectivity index is 0.00000180. The van der Waals surface area contributed by atoms with E-state index in [4.69, 9.17) is 11.6 Å². The first-order chi connectivity index (χ1) is 8.72. The summed E-state index contributed by atoms with van der Waals surface area (Å²) in [7, 11) is 0. The fraction of sp³-hybridized carbons (Fsp3) is 0.571. The predicted molar refractivity (Wildman–Crippen MR) is 95.7 cm³/mol. The number of halogens is 4. The lowest BCUT2D eigenvalue weighted by Crippen LogP contribution is -2.45. The van der Waals surface area contributed by atoms with Gasteiger partial charge < -0.3 is 5.32 Å². The van der Waals surface area contributed by atoms with E-state index >= 15 is 0 Å². The molecule has 0 spiro atoms. The van der Waals surface area contributed by atoms with E-state index in [2.05, 4.69) is 39.1 Å². The van der Waals surface area contributed by atoms with Crippen molar-refractivity contribution in [1.29, 1.82) is 0 Å². The summed E-state index contributed by atoms with van der Waals surface area (Å²) in [5.74, 6) is 0. The molecule has 6 heteroatoms. The quantitative estimate of drug-likeness (QED) is 0.783. The van der Waals surface area contributed by atoms with Crippen LogP contribution in [0.2, 0.25) is 5.02 Å². The van der Waals surface area contributed by atoms with Crippen LogP contribution in [0, 0.1) is 0 Å². The highest BCUT2D eigenvalue weighted by Gasteiger charge is 2.22. The molecule has 2 rings (SSSR count). The maximum atomic E-state index is 6.03. The van der Waals surface area contributed by atoms with E-state index < -0.39 is 0 Å². The first kappa shape index (κ1) is 20.5. The molecule has 1 heterocycles. The molecule has 0 radical (unpaired) electrons. The number of rotatable bonds is 4. The van der Waals surface area contributed by atoms with Crippen molar-refractivity contribution in [2.24, 2.45) is 0 Å². The molecule has 116 valence electrons. The Kier molecular flexibility index (Phi) is 10.5. The second-order valence-corrected chi connectivity index (χ2v) is 6.05. The minimum Gasteiger partial charge on any atom is -0.314 e. The molecule has 1 aliphatic rings. The number of hydrogen-bond donors (Lipinski definition) is 1. The molecular weight excluding hydrogens is 382 g/mol. The highest BCUT2D eigenvalue weighted by atomic mass is 79.9. The van der Waals surface area contributed by atoms with Gasteiger partial charge in [-0.25, -0.2) is 0 Å². The van der Waals surface area contributed by atoms with Gasteiger partial charge in [0.15, 0.2) is 0 Å². The standard InChI is InChI=1S/C14H20BrClN2.2ClH/c1-2-3-14(18-8-6-17-7-9-18)12-5-4-11(16)10-13(12)15;;/h4-5,10,14,17H,2-3,6-9H2,1H3;2*1H/t14-;;/m1../s1. The summed E-state index contributed by atoms with van der Waals surface area (Å²) in [4.78, 5) is 2.58. The number of nitrogens with zero attached hydrogens (tertiary/aromatic N) is 1. The summed E-state index contributed by atoms with van der Waals surface area (Å²) in [5.41, 5.74) is 1.36. The molecule has 1 aliphatic heterocycles. The van der Waals surface area contributed by atoms with E-state index in [9.17, 15) is 0 Å². The van der Waals surface area contributed by atoms with Crippen molar-refractivity contribution in [3.05, 3.63) is 33.3 Å². The molecule has 0 amide bonds. The molecule has 0 aliphatic carbocycles. The number of benzene rings is 1. The van der Waals surface area contributed by atoms with Crippen molar-refractivity contribution in [1.82, 2.24) is 10.2 Å². The van der Waals surface area contributed by atoms with Gasteiger partial charge >= 0.3 is 0 Å². The topological polar surface area (TPSA) is 15.3 Å². The highest BCUT2D eigenvalue weighted by Crippen LogP contribution is 2.33. The molecule has 0 saturated carbocycles. The first-order valence-corrected chi connectivity index (χ1v) is 7.79. The number of hydrogen-bond acceptors (Lipinski definition) is 2. The van der Waals surface area contributed by atoms with Crippen LogP contribution in [0.1, 0.15) is 31.4 Å². The van der Waals surface area contributed by atoms with E-state index in [1.165, 1.54) is 18.4 Å². The number of nitrogens with one attached hydrogen (secondary N) is 1. The van der Waals surface area contributed by atoms with Crippen LogP contribution < -0.4 is 5.32 Å². The van der Waals surface area contributed by atoms with E-state index in [1.54, 1.807) is 0 Å². The van der Waals surface area contributed by atoms with Crippen LogP contribution in [0.3, 0.4) is 0 Å². The van der Waals surface area contributed by atoms with Crippen molar-refractivity contribution < 1.29 is 0 Å². The number of piperazine rings is 1. The molecule has 1 aromatic rings. The fourth-order valence-corrected chi connectivity index (χ4v) is 3.52. The van der Waals surface area contributed by atoms with Gasteiger partial charge in [-0.15, -0.1) is 24.8 Å². The molecule has 1 atom stereocenters. The third kappa shape index (κ3) is 5.36. The van der Waals surface area contributed by atoms with Gasteiger partial charge in [-0.05, 0) is 24.1 Å². The molecule has 1 N–H and O–H groups in total. The summed E-state index contributed by atoms with van der Waals surface area (Å²) >= 11 is 9.69. The second kappa shape index (κ2) is 10.3. The van der Waals surface area contributed by atoms with Gasteiger partial charge in [-0.1, -0.05) is 46.9 Å². The largest absolute Gasteiger partial charge is 0.314 e. The third-order valence-electron chi connectivity index (χ3n) is 3.48. The van der Waals surface area contributed by atoms with Crippen molar-refractivity contribution in [2.75, 3.05) is 26.2 Å². The zero-order chi connectivity index (χ0) is 13.0. The average molecular weight is 405 g/mol. The van der Waals surface area contributed by atoms with Crippen LogP contribution in [0.25, 0.3) is 0 Å². The van der Waals surface area contributed by atoms with Gasteiger partial charge in [0.05, 0.1) is 0 Å². The Hall–Kier alpha value is 0.490. The van der Waals surface area contributed by atoms with Gasteiger partial charge in [-0.2, -0.15) is 0 Å². The van der Waals surface area contributed by atoms with E-state index in [0.29, 0.717) is 6.04 Å². The summed E-state index contributed by atoms with van der Waals surface area (Å²) in [6.45, 7) is 6.68. The molecule has 1 saturated heterocycles. The van der Waals surface area contributed by atoms with Gasteiger partial charge in [0.2, 0.25) is 0 Å². The third-order valence-corrected chi connectivity index (χ3v) is 4.40. The van der Waals surface area contributed by atoms with Gasteiger partial charge in [0.1, 0.15) is 0 Å². The van der Waals surface area contributed by atoms with Gasteiger partial charge in [-0.3, -0.25) is 4.90 Å². The van der Waals surface area contributed by atoms with Gasteiger partial charge in [0, 0.05) is 41.7 Å². The maximum Gasteiger partial charge on any atom is 0.0417 e. The Morgan fingerprint density at radius 3 is 2.50 bits per heavy atom. The molecule has 1 aromatic carbocycles. The van der Waals surface area contributed by atoms with E-state index in [-0.39, 0.29) is 24.8 Å². The first-order valence-electron chi connectivity index (χ1n) is 6.62. The van der Waals surface area contributed by atoms with E-state index in [0.717, 1.165) is 35.7 Å². The predicted octanol–water partition coefficient (Wildman–Crippen LogP) is 4.69. The molecule has 2 nitrogen and oxygen atoms in total. The summed E-state index contributed by atoms with van der Waals surface area (Å²) in [5, 5.41) is 4.21. The molecule has 1 fully saturated rings. The minimum absolute atomic E-state index is 0. The van der Waals surface area contributed by atoms with Crippen molar-refractivity contribution in [3.8, 4) is 0 Å². The molecular formula is C14H22BrCl3N2.